The van der Waals surface area contributed by atoms with Gasteiger partial charge in [0.15, 0.2) is 0 Å². The molecular weight excluding hydrogens is 276 g/mol. The normalized spacial score (nSPS) is 10.6. The van der Waals surface area contributed by atoms with Gasteiger partial charge in [-0.2, -0.15) is 0 Å². The number of carbonyl (C=O) groups is 1. The number of fused-ring (bicyclic) bond motifs is 1. The first-order valence-electron chi connectivity index (χ1n) is 7.13. The molecule has 0 atom stereocenters. The van der Waals surface area contributed by atoms with E-state index >= 15 is 0 Å². The number of hydroxylamine groups is 2. The summed E-state index contributed by atoms with van der Waals surface area (Å²) in [5, 5.41) is 12.6. The average Bonchev–Trinajstić information content (AvgIpc) is 2.59. The Labute approximate surface area is 128 Å². The van der Waals surface area contributed by atoms with Crippen molar-refractivity contribution in [3.05, 3.63) is 78.1 Å². The lowest BCUT2D eigenvalue weighted by Crippen LogP contribution is -2.30. The Kier molecular flexibility index (Phi) is 4.12. The minimum atomic E-state index is -0.485. The van der Waals surface area contributed by atoms with E-state index in [-0.39, 0.29) is 12.2 Å². The molecule has 0 spiro atoms. The molecular formula is C18H16N2O2. The molecule has 0 unspecified atom stereocenters. The third-order valence-corrected chi connectivity index (χ3v) is 3.54. The Bertz CT molecular complexity index is 787. The van der Waals surface area contributed by atoms with Crippen molar-refractivity contribution in [2.45, 2.75) is 6.42 Å². The highest BCUT2D eigenvalue weighted by molar-refractivity contribution is 5.95. The molecule has 0 radical (unpaired) electrons. The van der Waals surface area contributed by atoms with Gasteiger partial charge in [0, 0.05) is 11.6 Å². The number of benzene rings is 2. The van der Waals surface area contributed by atoms with Crippen molar-refractivity contribution >= 4 is 16.7 Å². The molecule has 1 amide bonds. The van der Waals surface area contributed by atoms with Crippen molar-refractivity contribution in [2.75, 3.05) is 6.54 Å². The fraction of sp³-hybridized carbons (Fsp3) is 0.111. The zero-order valence-electron chi connectivity index (χ0n) is 12.0. The summed E-state index contributed by atoms with van der Waals surface area (Å²) in [5.41, 5.74) is 1.31. The van der Waals surface area contributed by atoms with Gasteiger partial charge in [-0.25, -0.2) is 5.06 Å². The third kappa shape index (κ3) is 3.13. The summed E-state index contributed by atoms with van der Waals surface area (Å²) < 4.78 is 0. The molecule has 0 bridgehead atoms. The molecule has 4 heteroatoms. The predicted molar refractivity (Wildman–Crippen MR) is 84.7 cm³/mol. The van der Waals surface area contributed by atoms with E-state index in [4.69, 9.17) is 0 Å². The maximum atomic E-state index is 12.2. The van der Waals surface area contributed by atoms with E-state index in [1.165, 1.54) is 0 Å². The van der Waals surface area contributed by atoms with Crippen LogP contribution in [0.5, 0.6) is 0 Å². The number of nitrogens with zero attached hydrogens (tertiary/aromatic N) is 2. The van der Waals surface area contributed by atoms with Crippen LogP contribution < -0.4 is 0 Å². The van der Waals surface area contributed by atoms with Crippen LogP contribution in [0.15, 0.2) is 66.9 Å². The van der Waals surface area contributed by atoms with Gasteiger partial charge in [-0.3, -0.25) is 15.0 Å². The van der Waals surface area contributed by atoms with Gasteiger partial charge in [0.05, 0.1) is 6.54 Å². The van der Waals surface area contributed by atoms with Crippen LogP contribution in [-0.2, 0) is 6.42 Å². The van der Waals surface area contributed by atoms with E-state index < -0.39 is 5.91 Å². The minimum Gasteiger partial charge on any atom is -0.286 e. The first kappa shape index (κ1) is 14.2. The van der Waals surface area contributed by atoms with Gasteiger partial charge >= 0.3 is 0 Å². The topological polar surface area (TPSA) is 53.4 Å². The van der Waals surface area contributed by atoms with Crippen LogP contribution in [0.3, 0.4) is 0 Å². The summed E-state index contributed by atoms with van der Waals surface area (Å²) in [7, 11) is 0. The number of hydrogen-bond donors (Lipinski definition) is 1. The van der Waals surface area contributed by atoms with Crippen molar-refractivity contribution in [2.24, 2.45) is 0 Å². The quantitative estimate of drug-likeness (QED) is 0.593. The summed E-state index contributed by atoms with van der Waals surface area (Å²) >= 11 is 0. The Morgan fingerprint density at radius 3 is 2.45 bits per heavy atom. The van der Waals surface area contributed by atoms with Crippen LogP contribution in [0.2, 0.25) is 0 Å². The Hall–Kier alpha value is -2.72. The Morgan fingerprint density at radius 2 is 1.68 bits per heavy atom. The van der Waals surface area contributed by atoms with Crippen molar-refractivity contribution in [3.8, 4) is 0 Å². The second kappa shape index (κ2) is 6.37. The molecule has 0 aliphatic heterocycles. The summed E-state index contributed by atoms with van der Waals surface area (Å²) in [6.07, 6.45) is 2.24. The average molecular weight is 292 g/mol. The zero-order valence-corrected chi connectivity index (χ0v) is 12.0. The minimum absolute atomic E-state index is 0.233. The number of aromatic nitrogens is 1. The molecule has 0 aliphatic carbocycles. The largest absolute Gasteiger partial charge is 0.295 e. The molecule has 1 heterocycles. The predicted octanol–water partition coefficient (Wildman–Crippen LogP) is 3.31. The second-order valence-corrected chi connectivity index (χ2v) is 5.08. The molecule has 3 rings (SSSR count). The lowest BCUT2D eigenvalue weighted by atomic mass is 10.1. The molecule has 0 saturated carbocycles. The highest BCUT2D eigenvalue weighted by Gasteiger charge is 2.15. The highest BCUT2D eigenvalue weighted by Crippen LogP contribution is 2.14. The van der Waals surface area contributed by atoms with Gasteiger partial charge in [0.2, 0.25) is 0 Å². The van der Waals surface area contributed by atoms with Gasteiger partial charge in [-0.1, -0.05) is 54.6 Å². The van der Waals surface area contributed by atoms with Gasteiger partial charge in [0.1, 0.15) is 5.69 Å². The van der Waals surface area contributed by atoms with Gasteiger partial charge in [-0.15, -0.1) is 0 Å². The van der Waals surface area contributed by atoms with Crippen molar-refractivity contribution in [3.63, 3.8) is 0 Å². The van der Waals surface area contributed by atoms with Gasteiger partial charge in [-0.05, 0) is 23.4 Å². The van der Waals surface area contributed by atoms with Crippen LogP contribution in [-0.4, -0.2) is 27.7 Å². The Morgan fingerprint density at radius 1 is 1.00 bits per heavy atom. The molecule has 22 heavy (non-hydrogen) atoms. The van der Waals surface area contributed by atoms with E-state index in [2.05, 4.69) is 4.98 Å². The molecule has 0 aliphatic rings. The van der Waals surface area contributed by atoms with Crippen LogP contribution >= 0.6 is 0 Å². The van der Waals surface area contributed by atoms with E-state index in [0.717, 1.165) is 21.4 Å². The SMILES string of the molecule is O=C(c1cc2ccccc2cn1)N(O)CCc1ccccc1. The fourth-order valence-corrected chi connectivity index (χ4v) is 2.31. The Balaban J connectivity index is 1.71. The fourth-order valence-electron chi connectivity index (χ4n) is 2.31. The smallest absolute Gasteiger partial charge is 0.286 e. The molecule has 2 aromatic carbocycles. The molecule has 1 N–H and O–H groups in total. The van der Waals surface area contributed by atoms with Crippen LogP contribution in [0.25, 0.3) is 10.8 Å². The molecule has 0 fully saturated rings. The molecule has 3 aromatic rings. The number of rotatable bonds is 4. The molecule has 4 nitrogen and oxygen atoms in total. The van der Waals surface area contributed by atoms with Gasteiger partial charge in [0.25, 0.3) is 5.91 Å². The summed E-state index contributed by atoms with van der Waals surface area (Å²) in [4.78, 5) is 16.4. The molecule has 110 valence electrons. The third-order valence-electron chi connectivity index (χ3n) is 3.54. The van der Waals surface area contributed by atoms with Crippen LogP contribution in [0.1, 0.15) is 16.1 Å². The number of amides is 1. The zero-order chi connectivity index (χ0) is 15.4. The summed E-state index contributed by atoms with van der Waals surface area (Å²) in [5.74, 6) is -0.485. The summed E-state index contributed by atoms with van der Waals surface area (Å²) in [6.45, 7) is 0.233. The van der Waals surface area contributed by atoms with E-state index in [1.807, 2.05) is 54.6 Å². The lowest BCUT2D eigenvalue weighted by Gasteiger charge is -2.14. The first-order chi connectivity index (χ1) is 10.7. The molecule has 1 aromatic heterocycles. The van der Waals surface area contributed by atoms with Crippen LogP contribution in [0.4, 0.5) is 0 Å². The standard InChI is InChI=1S/C18H16N2O2/c21-18(20(22)11-10-14-6-2-1-3-7-14)17-12-15-8-4-5-9-16(15)13-19-17/h1-9,12-13,22H,10-11H2. The van der Waals surface area contributed by atoms with Crippen molar-refractivity contribution in [1.29, 1.82) is 0 Å². The lowest BCUT2D eigenvalue weighted by molar-refractivity contribution is -0.0575. The number of hydrogen-bond acceptors (Lipinski definition) is 3. The number of pyridine rings is 1. The maximum Gasteiger partial charge on any atom is 0.295 e. The monoisotopic (exact) mass is 292 g/mol. The van der Waals surface area contributed by atoms with Gasteiger partial charge < -0.3 is 0 Å². The highest BCUT2D eigenvalue weighted by atomic mass is 16.5. The van der Waals surface area contributed by atoms with E-state index in [1.54, 1.807) is 12.3 Å². The van der Waals surface area contributed by atoms with E-state index in [0.29, 0.717) is 6.42 Å². The maximum absolute atomic E-state index is 12.2. The molecule has 0 saturated heterocycles. The second-order valence-electron chi connectivity index (χ2n) is 5.08. The summed E-state index contributed by atoms with van der Waals surface area (Å²) in [6, 6.07) is 19.1. The number of carbonyl (C=O) groups excluding carboxylic acids is 1. The van der Waals surface area contributed by atoms with Crippen LogP contribution in [0, 0.1) is 0 Å². The van der Waals surface area contributed by atoms with Crippen molar-refractivity contribution < 1.29 is 10.0 Å². The van der Waals surface area contributed by atoms with E-state index in [9.17, 15) is 10.0 Å². The first-order valence-corrected chi connectivity index (χ1v) is 7.13. The van der Waals surface area contributed by atoms with Crippen molar-refractivity contribution in [1.82, 2.24) is 10.0 Å².